The summed E-state index contributed by atoms with van der Waals surface area (Å²) < 4.78 is 4.02. The van der Waals surface area contributed by atoms with Gasteiger partial charge in [0.2, 0.25) is 0 Å². The lowest BCUT2D eigenvalue weighted by molar-refractivity contribution is -0.112. The third kappa shape index (κ3) is 5.12. The Morgan fingerprint density at radius 2 is 2.11 bits per heavy atom. The van der Waals surface area contributed by atoms with Crippen LogP contribution in [0, 0.1) is 0 Å². The number of imidazole rings is 1. The Morgan fingerprint density at radius 3 is 2.84 bits per heavy atom. The smallest absolute Gasteiger partial charge is 0.274 e. The van der Waals surface area contributed by atoms with Crippen molar-refractivity contribution in [2.75, 3.05) is 18.4 Å². The molecule has 37 heavy (non-hydrogen) atoms. The zero-order valence-corrected chi connectivity index (χ0v) is 21.4. The molecule has 3 fully saturated rings. The molecule has 4 heterocycles. The number of β-amino-alcohol motifs (C(OH)–C–C–N with tert-alkyl or cyclic N) is 1. The number of likely N-dealkylation sites (tertiary alicyclic amines) is 1. The van der Waals surface area contributed by atoms with Crippen molar-refractivity contribution in [3.8, 4) is 10.8 Å². The van der Waals surface area contributed by atoms with E-state index in [2.05, 4.69) is 48.2 Å². The molecule has 1 unspecified atom stereocenters. The molecular formula is C25H29N9O2S. The summed E-state index contributed by atoms with van der Waals surface area (Å²) >= 11 is 1.40. The Bertz CT molecular complexity index is 1390. The van der Waals surface area contributed by atoms with Gasteiger partial charge in [-0.1, -0.05) is 6.58 Å². The minimum atomic E-state index is -0.436. The Balaban J connectivity index is 1.17. The molecule has 11 nitrogen and oxygen atoms in total. The number of hydrogen-bond donors (Lipinski definition) is 2. The molecule has 12 heteroatoms. The van der Waals surface area contributed by atoms with Gasteiger partial charge in [-0.2, -0.15) is 0 Å². The van der Waals surface area contributed by atoms with E-state index in [-0.39, 0.29) is 5.70 Å². The number of rotatable bonds is 9. The van der Waals surface area contributed by atoms with E-state index in [1.807, 2.05) is 22.4 Å². The van der Waals surface area contributed by atoms with Gasteiger partial charge >= 0.3 is 0 Å². The summed E-state index contributed by atoms with van der Waals surface area (Å²) in [5.74, 6) is 1.26. The minimum absolute atomic E-state index is 0.0602. The number of aliphatic imine (C=N–C) groups is 1. The first-order chi connectivity index (χ1) is 18.0. The molecule has 0 aromatic carbocycles. The molecule has 1 aliphatic heterocycles. The molecule has 0 bridgehead atoms. The quantitative estimate of drug-likeness (QED) is 0.328. The van der Waals surface area contributed by atoms with Crippen molar-refractivity contribution in [3.05, 3.63) is 47.9 Å². The lowest BCUT2D eigenvalue weighted by Gasteiger charge is -2.21. The highest BCUT2D eigenvalue weighted by Gasteiger charge is 2.28. The van der Waals surface area contributed by atoms with E-state index in [0.717, 1.165) is 29.9 Å². The predicted molar refractivity (Wildman–Crippen MR) is 141 cm³/mol. The molecule has 6 rings (SSSR count). The number of nitrogens with one attached hydrogen (secondary N) is 1. The van der Waals surface area contributed by atoms with E-state index in [4.69, 9.17) is 0 Å². The second-order valence-corrected chi connectivity index (χ2v) is 10.7. The van der Waals surface area contributed by atoms with Crippen molar-refractivity contribution in [2.45, 2.75) is 57.1 Å². The molecule has 2 saturated carbocycles. The van der Waals surface area contributed by atoms with Crippen molar-refractivity contribution >= 4 is 35.0 Å². The number of aliphatic hydroxyl groups is 1. The topological polar surface area (TPSA) is 126 Å². The van der Waals surface area contributed by atoms with Gasteiger partial charge in [-0.05, 0) is 39.0 Å². The monoisotopic (exact) mass is 519 g/mol. The fourth-order valence-electron chi connectivity index (χ4n) is 4.44. The summed E-state index contributed by atoms with van der Waals surface area (Å²) in [5, 5.41) is 23.6. The molecule has 1 saturated heterocycles. The molecule has 2 N–H and O–H groups in total. The highest BCUT2D eigenvalue weighted by Crippen LogP contribution is 2.39. The summed E-state index contributed by atoms with van der Waals surface area (Å²) in [6.45, 7) is 7.07. The first-order valence-electron chi connectivity index (χ1n) is 12.5. The number of amides is 1. The van der Waals surface area contributed by atoms with Crippen LogP contribution in [0.1, 0.15) is 56.7 Å². The van der Waals surface area contributed by atoms with Crippen molar-refractivity contribution in [1.29, 1.82) is 0 Å². The van der Waals surface area contributed by atoms with Crippen LogP contribution in [0.25, 0.3) is 16.5 Å². The normalized spacial score (nSPS) is 20.5. The van der Waals surface area contributed by atoms with Gasteiger partial charge < -0.3 is 24.5 Å². The van der Waals surface area contributed by atoms with Crippen molar-refractivity contribution < 1.29 is 9.90 Å². The molecule has 1 amide bonds. The van der Waals surface area contributed by atoms with Gasteiger partial charge in [0.15, 0.2) is 10.8 Å². The van der Waals surface area contributed by atoms with Crippen LogP contribution in [-0.4, -0.2) is 70.6 Å². The number of aliphatic hydroxyl groups excluding tert-OH is 1. The number of allylic oxidation sites excluding steroid dienone is 2. The standard InChI is InChI=1S/C25H29N9O2S/c1-15(24(36)29-22-12-37-25(30-22)23-31-28-14-34(23)18-5-6-18)26-9-21(32-8-7-19(35)10-32)16(2)33-11-20(27-13-33)17-3-4-17/h9,11-14,17-19,35H,1,3-8,10H2,2H3,(H,29,36)/b21-16-,26-9-. The summed E-state index contributed by atoms with van der Waals surface area (Å²) in [4.78, 5) is 28.4. The number of carbonyl (C=O) groups is 1. The Labute approximate surface area is 218 Å². The van der Waals surface area contributed by atoms with Crippen LogP contribution in [0.4, 0.5) is 5.82 Å². The van der Waals surface area contributed by atoms with Crippen LogP contribution in [0.3, 0.4) is 0 Å². The van der Waals surface area contributed by atoms with Crippen LogP contribution in [0.15, 0.2) is 47.2 Å². The summed E-state index contributed by atoms with van der Waals surface area (Å²) in [6, 6.07) is 0.436. The molecule has 1 atom stereocenters. The van der Waals surface area contributed by atoms with E-state index < -0.39 is 12.0 Å². The first-order valence-corrected chi connectivity index (χ1v) is 13.4. The van der Waals surface area contributed by atoms with E-state index in [0.29, 0.717) is 48.1 Å². The Hall–Kier alpha value is -3.64. The van der Waals surface area contributed by atoms with E-state index in [1.54, 1.807) is 17.9 Å². The van der Waals surface area contributed by atoms with Gasteiger partial charge in [0, 0.05) is 42.3 Å². The van der Waals surface area contributed by atoms with Gasteiger partial charge in [-0.25, -0.2) is 15.0 Å². The lowest BCUT2D eigenvalue weighted by Crippen LogP contribution is -2.24. The van der Waals surface area contributed by atoms with E-state index >= 15 is 0 Å². The average Bonchev–Trinajstić information content (AvgIpc) is 3.67. The lowest BCUT2D eigenvalue weighted by atomic mass is 10.3. The number of nitrogens with zero attached hydrogens (tertiary/aromatic N) is 8. The largest absolute Gasteiger partial charge is 0.391 e. The van der Waals surface area contributed by atoms with Gasteiger partial charge in [-0.15, -0.1) is 21.5 Å². The second kappa shape index (κ2) is 9.67. The van der Waals surface area contributed by atoms with Gasteiger partial charge in [-0.3, -0.25) is 4.79 Å². The van der Waals surface area contributed by atoms with Gasteiger partial charge in [0.1, 0.15) is 17.8 Å². The molecule has 0 radical (unpaired) electrons. The van der Waals surface area contributed by atoms with Crippen LogP contribution in [-0.2, 0) is 4.79 Å². The SMILES string of the molecule is C=C(/N=C\C(=C(/C)n1cnc(C2CC2)c1)N1CCC(O)C1)C(=O)Nc1csc(-c2nncn2C2CC2)n1. The van der Waals surface area contributed by atoms with Crippen molar-refractivity contribution in [1.82, 2.24) is 34.2 Å². The average molecular weight is 520 g/mol. The molecular weight excluding hydrogens is 490 g/mol. The zero-order valence-electron chi connectivity index (χ0n) is 20.6. The van der Waals surface area contributed by atoms with Crippen molar-refractivity contribution in [3.63, 3.8) is 0 Å². The molecule has 3 aromatic heterocycles. The minimum Gasteiger partial charge on any atom is -0.391 e. The fourth-order valence-corrected chi connectivity index (χ4v) is 5.18. The highest BCUT2D eigenvalue weighted by atomic mass is 32.1. The predicted octanol–water partition coefficient (Wildman–Crippen LogP) is 3.29. The first kappa shape index (κ1) is 23.7. The number of hydrogen-bond acceptors (Lipinski definition) is 9. The third-order valence-corrected chi connectivity index (χ3v) is 7.75. The molecule has 3 aromatic rings. The maximum Gasteiger partial charge on any atom is 0.274 e. The Kier molecular flexibility index (Phi) is 6.21. The maximum atomic E-state index is 12.8. The van der Waals surface area contributed by atoms with Crippen LogP contribution in [0.5, 0.6) is 0 Å². The zero-order chi connectivity index (χ0) is 25.5. The number of thiazole rings is 1. The van der Waals surface area contributed by atoms with Crippen LogP contribution >= 0.6 is 11.3 Å². The highest BCUT2D eigenvalue weighted by molar-refractivity contribution is 7.13. The number of aromatic nitrogens is 6. The number of anilines is 1. The number of carbonyl (C=O) groups excluding carboxylic acids is 1. The molecule has 0 spiro atoms. The molecule has 192 valence electrons. The van der Waals surface area contributed by atoms with Crippen LogP contribution in [0.2, 0.25) is 0 Å². The Morgan fingerprint density at radius 1 is 1.27 bits per heavy atom. The molecule has 2 aliphatic carbocycles. The van der Waals surface area contributed by atoms with Crippen LogP contribution < -0.4 is 5.32 Å². The van der Waals surface area contributed by atoms with E-state index in [9.17, 15) is 9.90 Å². The van der Waals surface area contributed by atoms with Gasteiger partial charge in [0.25, 0.3) is 5.91 Å². The summed E-state index contributed by atoms with van der Waals surface area (Å²) in [6.07, 6.45) is 12.1. The second-order valence-electron chi connectivity index (χ2n) is 9.83. The van der Waals surface area contributed by atoms with E-state index in [1.165, 1.54) is 24.2 Å². The third-order valence-electron chi connectivity index (χ3n) is 6.92. The van der Waals surface area contributed by atoms with Gasteiger partial charge in [0.05, 0.1) is 30.0 Å². The summed E-state index contributed by atoms with van der Waals surface area (Å²) in [5.41, 5.74) is 2.90. The van der Waals surface area contributed by atoms with Crippen molar-refractivity contribution in [2.24, 2.45) is 4.99 Å². The molecule has 3 aliphatic rings. The fraction of sp³-hybridized carbons (Fsp3) is 0.440. The summed E-state index contributed by atoms with van der Waals surface area (Å²) in [7, 11) is 0. The maximum absolute atomic E-state index is 12.8.